The highest BCUT2D eigenvalue weighted by Crippen LogP contribution is 2.32. The minimum Gasteiger partial charge on any atom is -0.312 e. The van der Waals surface area contributed by atoms with E-state index in [1.807, 2.05) is 0 Å². The number of rotatable bonds is 0. The molecule has 0 atom stereocenters. The molecule has 1 aromatic rings. The molecule has 2 heterocycles. The Morgan fingerprint density at radius 2 is 1.33 bits per heavy atom. The number of nitrogens with one attached hydrogen (secondary N) is 1. The lowest BCUT2D eigenvalue weighted by Crippen LogP contribution is -2.33. The first-order valence-electron chi connectivity index (χ1n) is 6.81. The maximum Gasteiger partial charge on any atom is 0.0732 e. The molecule has 0 amide bonds. The largest absolute Gasteiger partial charge is 0.312 e. The monoisotopic (exact) mass is 247 g/mol. The lowest BCUT2D eigenvalue weighted by molar-refractivity contribution is 0.492. The van der Waals surface area contributed by atoms with E-state index in [4.69, 9.17) is 0 Å². The minimum atomic E-state index is 0.0620. The van der Waals surface area contributed by atoms with Crippen LogP contribution in [0.5, 0.6) is 0 Å². The fourth-order valence-electron chi connectivity index (χ4n) is 2.60. The van der Waals surface area contributed by atoms with Crippen molar-refractivity contribution >= 4 is 0 Å². The molecule has 0 bridgehead atoms. The molecule has 0 spiro atoms. The second-order valence-corrected chi connectivity index (χ2v) is 7.28. The van der Waals surface area contributed by atoms with Crippen molar-refractivity contribution in [3.8, 4) is 0 Å². The zero-order valence-corrected chi connectivity index (χ0v) is 12.5. The van der Waals surface area contributed by atoms with Crippen LogP contribution in [0.1, 0.15) is 64.1 Å². The molecule has 1 aliphatic heterocycles. The summed E-state index contributed by atoms with van der Waals surface area (Å²) in [5.74, 6) is 0. The van der Waals surface area contributed by atoms with Crippen LogP contribution in [0.25, 0.3) is 0 Å². The van der Waals surface area contributed by atoms with Crippen LogP contribution in [0.2, 0.25) is 0 Å². The fourth-order valence-corrected chi connectivity index (χ4v) is 2.60. The van der Waals surface area contributed by atoms with Gasteiger partial charge in [0.1, 0.15) is 0 Å². The van der Waals surface area contributed by atoms with Gasteiger partial charge < -0.3 is 5.32 Å². The molecule has 18 heavy (non-hydrogen) atoms. The summed E-state index contributed by atoms with van der Waals surface area (Å²) in [6.45, 7) is 15.3. The van der Waals surface area contributed by atoms with Crippen molar-refractivity contribution in [2.75, 3.05) is 6.54 Å². The summed E-state index contributed by atoms with van der Waals surface area (Å²) in [5.41, 5.74) is 5.27. The molecule has 1 aromatic heterocycles. The van der Waals surface area contributed by atoms with Gasteiger partial charge >= 0.3 is 0 Å². The first-order valence-corrected chi connectivity index (χ1v) is 6.81. The number of hydrogen-bond donors (Lipinski definition) is 1. The van der Waals surface area contributed by atoms with Gasteiger partial charge in [0.15, 0.2) is 0 Å². The second-order valence-electron chi connectivity index (χ2n) is 7.28. The number of aromatic nitrogens is 2. The Morgan fingerprint density at radius 3 is 1.83 bits per heavy atom. The van der Waals surface area contributed by atoms with E-state index in [2.05, 4.69) is 57.1 Å². The molecular weight excluding hydrogens is 222 g/mol. The molecule has 0 unspecified atom stereocenters. The SMILES string of the molecule is CC(C)(C)c1nnc(C(C)(C)C)c2c1CCNC2. The van der Waals surface area contributed by atoms with Crippen LogP contribution < -0.4 is 5.32 Å². The Hall–Kier alpha value is -0.960. The van der Waals surface area contributed by atoms with Crippen LogP contribution in [0, 0.1) is 0 Å². The quantitative estimate of drug-likeness (QED) is 0.766. The maximum atomic E-state index is 4.55. The average molecular weight is 247 g/mol. The highest BCUT2D eigenvalue weighted by molar-refractivity contribution is 5.40. The summed E-state index contributed by atoms with van der Waals surface area (Å²) in [4.78, 5) is 0. The number of hydrogen-bond acceptors (Lipinski definition) is 3. The summed E-state index contributed by atoms with van der Waals surface area (Å²) >= 11 is 0. The van der Waals surface area contributed by atoms with E-state index in [0.29, 0.717) is 0 Å². The van der Waals surface area contributed by atoms with Crippen molar-refractivity contribution in [1.29, 1.82) is 0 Å². The van der Waals surface area contributed by atoms with Gasteiger partial charge in [0, 0.05) is 17.4 Å². The van der Waals surface area contributed by atoms with E-state index < -0.39 is 0 Å². The van der Waals surface area contributed by atoms with Gasteiger partial charge in [-0.1, -0.05) is 41.5 Å². The van der Waals surface area contributed by atoms with E-state index in [1.165, 1.54) is 16.8 Å². The van der Waals surface area contributed by atoms with E-state index in [1.54, 1.807) is 0 Å². The third-order valence-electron chi connectivity index (χ3n) is 3.46. The van der Waals surface area contributed by atoms with Gasteiger partial charge in [0.05, 0.1) is 11.4 Å². The molecule has 0 aliphatic carbocycles. The Kier molecular flexibility index (Phi) is 3.22. The van der Waals surface area contributed by atoms with Crippen LogP contribution in [-0.4, -0.2) is 16.7 Å². The summed E-state index contributed by atoms with van der Waals surface area (Å²) in [6, 6.07) is 0. The van der Waals surface area contributed by atoms with Gasteiger partial charge in [-0.05, 0) is 24.1 Å². The van der Waals surface area contributed by atoms with Crippen molar-refractivity contribution in [2.45, 2.75) is 65.3 Å². The van der Waals surface area contributed by atoms with Crippen molar-refractivity contribution in [3.05, 3.63) is 22.5 Å². The zero-order valence-electron chi connectivity index (χ0n) is 12.5. The third-order valence-corrected chi connectivity index (χ3v) is 3.46. The molecule has 1 N–H and O–H groups in total. The second kappa shape index (κ2) is 4.30. The lowest BCUT2D eigenvalue weighted by atomic mass is 9.80. The summed E-state index contributed by atoms with van der Waals surface area (Å²) < 4.78 is 0. The molecule has 0 fully saturated rings. The van der Waals surface area contributed by atoms with Crippen molar-refractivity contribution < 1.29 is 0 Å². The van der Waals surface area contributed by atoms with E-state index in [-0.39, 0.29) is 10.8 Å². The molecule has 1 aliphatic rings. The number of nitrogens with zero attached hydrogens (tertiary/aromatic N) is 2. The zero-order chi connectivity index (χ0) is 13.6. The molecular formula is C15H25N3. The summed E-state index contributed by atoms with van der Waals surface area (Å²) in [7, 11) is 0. The van der Waals surface area contributed by atoms with Gasteiger partial charge in [0.25, 0.3) is 0 Å². The van der Waals surface area contributed by atoms with Crippen LogP contribution in [-0.2, 0) is 23.8 Å². The van der Waals surface area contributed by atoms with Crippen molar-refractivity contribution in [3.63, 3.8) is 0 Å². The highest BCUT2D eigenvalue weighted by Gasteiger charge is 2.29. The predicted octanol–water partition coefficient (Wildman–Crippen LogP) is 2.72. The normalized spacial score (nSPS) is 16.6. The van der Waals surface area contributed by atoms with E-state index in [0.717, 1.165) is 25.2 Å². The molecule has 100 valence electrons. The third kappa shape index (κ3) is 2.41. The highest BCUT2D eigenvalue weighted by atomic mass is 15.1. The van der Waals surface area contributed by atoms with Crippen molar-refractivity contribution in [2.24, 2.45) is 0 Å². The van der Waals surface area contributed by atoms with Crippen LogP contribution in [0.15, 0.2) is 0 Å². The average Bonchev–Trinajstić information content (AvgIpc) is 2.24. The Bertz CT molecular complexity index is 407. The lowest BCUT2D eigenvalue weighted by Gasteiger charge is -2.30. The first-order chi connectivity index (χ1) is 8.21. The van der Waals surface area contributed by atoms with Crippen LogP contribution >= 0.6 is 0 Å². The molecule has 0 radical (unpaired) electrons. The van der Waals surface area contributed by atoms with Crippen LogP contribution in [0.4, 0.5) is 0 Å². The summed E-state index contributed by atoms with van der Waals surface area (Å²) in [5, 5.41) is 12.6. The van der Waals surface area contributed by atoms with Crippen LogP contribution in [0.3, 0.4) is 0 Å². The molecule has 0 saturated carbocycles. The fraction of sp³-hybridized carbons (Fsp3) is 0.733. The van der Waals surface area contributed by atoms with Gasteiger partial charge in [-0.3, -0.25) is 0 Å². The predicted molar refractivity (Wildman–Crippen MR) is 74.8 cm³/mol. The maximum absolute atomic E-state index is 4.55. The van der Waals surface area contributed by atoms with E-state index >= 15 is 0 Å². The van der Waals surface area contributed by atoms with Gasteiger partial charge in [-0.2, -0.15) is 10.2 Å². The molecule has 3 heteroatoms. The molecule has 3 nitrogen and oxygen atoms in total. The standard InChI is InChI=1S/C15H25N3/c1-14(2,3)12-10-7-8-16-9-11(10)13(18-17-12)15(4,5)6/h16H,7-9H2,1-6H3. The smallest absolute Gasteiger partial charge is 0.0732 e. The molecule has 0 aromatic carbocycles. The number of fused-ring (bicyclic) bond motifs is 1. The van der Waals surface area contributed by atoms with Gasteiger partial charge in [-0.15, -0.1) is 0 Å². The summed E-state index contributed by atoms with van der Waals surface area (Å²) in [6.07, 6.45) is 1.07. The Morgan fingerprint density at radius 1 is 0.833 bits per heavy atom. The topological polar surface area (TPSA) is 37.8 Å². The first kappa shape index (κ1) is 13.5. The van der Waals surface area contributed by atoms with E-state index in [9.17, 15) is 0 Å². The van der Waals surface area contributed by atoms with Gasteiger partial charge in [0.2, 0.25) is 0 Å². The molecule has 2 rings (SSSR count). The van der Waals surface area contributed by atoms with Crippen molar-refractivity contribution in [1.82, 2.24) is 15.5 Å². The molecule has 0 saturated heterocycles. The Balaban J connectivity index is 2.64. The van der Waals surface area contributed by atoms with Gasteiger partial charge in [-0.25, -0.2) is 0 Å². The Labute approximate surface area is 110 Å². The minimum absolute atomic E-state index is 0.0620.